The van der Waals surface area contributed by atoms with Crippen LogP contribution < -0.4 is 5.32 Å². The van der Waals surface area contributed by atoms with Crippen molar-refractivity contribution in [3.8, 4) is 22.4 Å². The molecule has 0 aliphatic carbocycles. The third kappa shape index (κ3) is 2.86. The summed E-state index contributed by atoms with van der Waals surface area (Å²) < 4.78 is 13.5. The number of benzene rings is 2. The van der Waals surface area contributed by atoms with Gasteiger partial charge in [0.15, 0.2) is 0 Å². The van der Waals surface area contributed by atoms with Gasteiger partial charge in [-0.1, -0.05) is 23.7 Å². The number of hydrogen-bond donors (Lipinski definition) is 1. The molecular formula is C20H14ClFN4. The highest BCUT2D eigenvalue weighted by atomic mass is 35.5. The van der Waals surface area contributed by atoms with Crippen molar-refractivity contribution in [2.75, 3.05) is 12.4 Å². The van der Waals surface area contributed by atoms with E-state index in [0.29, 0.717) is 0 Å². The monoisotopic (exact) mass is 364 g/mol. The van der Waals surface area contributed by atoms with Crippen molar-refractivity contribution in [3.63, 3.8) is 0 Å². The normalized spacial score (nSPS) is 10.9. The molecule has 0 aliphatic heterocycles. The molecule has 0 saturated carbocycles. The number of halogens is 2. The molecule has 0 amide bonds. The number of rotatable bonds is 3. The van der Waals surface area contributed by atoms with E-state index in [1.165, 1.54) is 12.4 Å². The van der Waals surface area contributed by atoms with E-state index in [-0.39, 0.29) is 5.02 Å². The highest BCUT2D eigenvalue weighted by Gasteiger charge is 2.12. The quantitative estimate of drug-likeness (QED) is 0.543. The molecule has 4 nitrogen and oxygen atoms in total. The van der Waals surface area contributed by atoms with Crippen LogP contribution in [0.15, 0.2) is 61.1 Å². The lowest BCUT2D eigenvalue weighted by Crippen LogP contribution is -1.95. The topological polar surface area (TPSA) is 50.7 Å². The zero-order valence-corrected chi connectivity index (χ0v) is 14.6. The Bertz CT molecular complexity index is 1110. The first-order valence-corrected chi connectivity index (χ1v) is 8.38. The van der Waals surface area contributed by atoms with Gasteiger partial charge in [0.05, 0.1) is 16.2 Å². The van der Waals surface area contributed by atoms with Gasteiger partial charge in [0, 0.05) is 29.8 Å². The summed E-state index contributed by atoms with van der Waals surface area (Å²) in [5.41, 5.74) is 4.22. The minimum atomic E-state index is -0.450. The van der Waals surface area contributed by atoms with Gasteiger partial charge in [0.25, 0.3) is 0 Å². The van der Waals surface area contributed by atoms with Gasteiger partial charge in [-0.15, -0.1) is 0 Å². The molecule has 2 heterocycles. The SMILES string of the molecule is CNc1ncnc2ccc(-c3cccnc3-c3ccc(F)c(Cl)c3)cc12. The fourth-order valence-electron chi connectivity index (χ4n) is 2.94. The summed E-state index contributed by atoms with van der Waals surface area (Å²) in [6, 6.07) is 14.4. The minimum absolute atomic E-state index is 0.0727. The molecule has 0 aliphatic rings. The Hall–Kier alpha value is -3.05. The van der Waals surface area contributed by atoms with Crippen LogP contribution >= 0.6 is 11.6 Å². The van der Waals surface area contributed by atoms with E-state index in [0.717, 1.165) is 39.1 Å². The second-order valence-corrected chi connectivity index (χ2v) is 6.14. The van der Waals surface area contributed by atoms with Crippen LogP contribution in [0.4, 0.5) is 10.2 Å². The highest BCUT2D eigenvalue weighted by molar-refractivity contribution is 6.31. The summed E-state index contributed by atoms with van der Waals surface area (Å²) in [6.07, 6.45) is 3.24. The van der Waals surface area contributed by atoms with Crippen molar-refractivity contribution in [1.82, 2.24) is 15.0 Å². The van der Waals surface area contributed by atoms with Crippen molar-refractivity contribution >= 4 is 28.3 Å². The predicted octanol–water partition coefficient (Wildman–Crippen LogP) is 5.19. The number of nitrogens with one attached hydrogen (secondary N) is 1. The van der Waals surface area contributed by atoms with Crippen LogP contribution in [0.25, 0.3) is 33.3 Å². The zero-order valence-electron chi connectivity index (χ0n) is 13.9. The Morgan fingerprint density at radius 3 is 2.62 bits per heavy atom. The van der Waals surface area contributed by atoms with Crippen LogP contribution in [0.5, 0.6) is 0 Å². The number of anilines is 1. The number of aromatic nitrogens is 3. The largest absolute Gasteiger partial charge is 0.373 e. The standard InChI is InChI=1S/C20H14ClFN4/c1-23-20-15-9-12(5-7-18(15)25-11-26-20)14-3-2-8-24-19(14)13-4-6-17(22)16(21)10-13/h2-11H,1H3,(H,23,25,26). The Kier molecular flexibility index (Phi) is 4.22. The van der Waals surface area contributed by atoms with Gasteiger partial charge < -0.3 is 5.32 Å². The summed E-state index contributed by atoms with van der Waals surface area (Å²) >= 11 is 5.95. The zero-order chi connectivity index (χ0) is 18.1. The molecular weight excluding hydrogens is 351 g/mol. The molecule has 4 aromatic rings. The molecule has 0 spiro atoms. The molecule has 0 fully saturated rings. The molecule has 0 unspecified atom stereocenters. The van der Waals surface area contributed by atoms with E-state index in [1.807, 2.05) is 37.4 Å². The number of fused-ring (bicyclic) bond motifs is 1. The van der Waals surface area contributed by atoms with E-state index in [4.69, 9.17) is 11.6 Å². The third-order valence-electron chi connectivity index (χ3n) is 4.18. The molecule has 4 rings (SSSR count). The molecule has 0 radical (unpaired) electrons. The maximum Gasteiger partial charge on any atom is 0.141 e. The third-order valence-corrected chi connectivity index (χ3v) is 4.47. The van der Waals surface area contributed by atoms with Gasteiger partial charge in [-0.25, -0.2) is 14.4 Å². The summed E-state index contributed by atoms with van der Waals surface area (Å²) in [5, 5.41) is 4.07. The van der Waals surface area contributed by atoms with Gasteiger partial charge in [-0.2, -0.15) is 0 Å². The van der Waals surface area contributed by atoms with E-state index in [9.17, 15) is 4.39 Å². The van der Waals surface area contributed by atoms with Crippen molar-refractivity contribution in [3.05, 3.63) is 71.9 Å². The van der Waals surface area contributed by atoms with Crippen molar-refractivity contribution in [1.29, 1.82) is 0 Å². The fourth-order valence-corrected chi connectivity index (χ4v) is 3.12. The van der Waals surface area contributed by atoms with Crippen molar-refractivity contribution < 1.29 is 4.39 Å². The van der Waals surface area contributed by atoms with Gasteiger partial charge in [0.2, 0.25) is 0 Å². The van der Waals surface area contributed by atoms with Crippen molar-refractivity contribution in [2.24, 2.45) is 0 Å². The molecule has 2 aromatic carbocycles. The maximum atomic E-state index is 13.5. The Morgan fingerprint density at radius 2 is 1.81 bits per heavy atom. The molecule has 26 heavy (non-hydrogen) atoms. The number of pyridine rings is 1. The Morgan fingerprint density at radius 1 is 0.962 bits per heavy atom. The molecule has 0 atom stereocenters. The van der Waals surface area contributed by atoms with Crippen LogP contribution in [-0.2, 0) is 0 Å². The fraction of sp³-hybridized carbons (Fsp3) is 0.0500. The van der Waals surface area contributed by atoms with Crippen LogP contribution in [0.2, 0.25) is 5.02 Å². The van der Waals surface area contributed by atoms with E-state index in [1.54, 1.807) is 18.3 Å². The average Bonchev–Trinajstić information content (AvgIpc) is 2.69. The second kappa shape index (κ2) is 6.69. The van der Waals surface area contributed by atoms with Gasteiger partial charge >= 0.3 is 0 Å². The summed E-state index contributed by atoms with van der Waals surface area (Å²) in [6.45, 7) is 0. The van der Waals surface area contributed by atoms with Gasteiger partial charge in [-0.05, 0) is 42.0 Å². The maximum absolute atomic E-state index is 13.5. The lowest BCUT2D eigenvalue weighted by atomic mass is 9.98. The molecule has 1 N–H and O–H groups in total. The molecule has 2 aromatic heterocycles. The first-order chi connectivity index (χ1) is 12.7. The van der Waals surface area contributed by atoms with E-state index < -0.39 is 5.82 Å². The lowest BCUT2D eigenvalue weighted by Gasteiger charge is -2.11. The van der Waals surface area contributed by atoms with Crippen LogP contribution in [0.1, 0.15) is 0 Å². The van der Waals surface area contributed by atoms with Crippen molar-refractivity contribution in [2.45, 2.75) is 0 Å². The average molecular weight is 365 g/mol. The first kappa shape index (κ1) is 16.4. The summed E-state index contributed by atoms with van der Waals surface area (Å²) in [7, 11) is 1.82. The summed E-state index contributed by atoms with van der Waals surface area (Å²) in [4.78, 5) is 13.1. The van der Waals surface area contributed by atoms with Crippen LogP contribution in [-0.4, -0.2) is 22.0 Å². The molecule has 0 saturated heterocycles. The predicted molar refractivity (Wildman–Crippen MR) is 103 cm³/mol. The Balaban J connectivity index is 1.91. The highest BCUT2D eigenvalue weighted by Crippen LogP contribution is 2.34. The van der Waals surface area contributed by atoms with Crippen LogP contribution in [0, 0.1) is 5.82 Å². The number of nitrogens with zero attached hydrogens (tertiary/aromatic N) is 3. The minimum Gasteiger partial charge on any atom is -0.373 e. The van der Waals surface area contributed by atoms with Crippen LogP contribution in [0.3, 0.4) is 0 Å². The van der Waals surface area contributed by atoms with E-state index in [2.05, 4.69) is 20.3 Å². The molecule has 6 heteroatoms. The molecule has 0 bridgehead atoms. The smallest absolute Gasteiger partial charge is 0.141 e. The van der Waals surface area contributed by atoms with Gasteiger partial charge in [-0.3, -0.25) is 4.98 Å². The first-order valence-electron chi connectivity index (χ1n) is 8.00. The van der Waals surface area contributed by atoms with Gasteiger partial charge in [0.1, 0.15) is 18.0 Å². The second-order valence-electron chi connectivity index (χ2n) is 5.73. The molecule has 128 valence electrons. The number of hydrogen-bond acceptors (Lipinski definition) is 4. The lowest BCUT2D eigenvalue weighted by molar-refractivity contribution is 0.628. The van der Waals surface area contributed by atoms with E-state index >= 15 is 0 Å². The summed E-state index contributed by atoms with van der Waals surface area (Å²) in [5.74, 6) is 0.307. The Labute approximate surface area is 154 Å².